The Bertz CT molecular complexity index is 1980. The summed E-state index contributed by atoms with van der Waals surface area (Å²) >= 11 is 12.5. The van der Waals surface area contributed by atoms with Crippen LogP contribution >= 0.6 is 23.2 Å². The fourth-order valence-corrected chi connectivity index (χ4v) is 4.95. The molecule has 0 bridgehead atoms. The fourth-order valence-electron chi connectivity index (χ4n) is 4.64. The number of nitrogens with one attached hydrogen (secondary N) is 2. The molecule has 1 atom stereocenters. The normalized spacial score (nSPS) is 11.4. The number of halogens is 2. The first-order valence-electron chi connectivity index (χ1n) is 12.8. The third-order valence-electron chi connectivity index (χ3n) is 6.53. The Morgan fingerprint density at radius 3 is 2.07 bits per heavy atom. The van der Waals surface area contributed by atoms with Crippen LogP contribution in [0.15, 0.2) is 108 Å². The molecule has 4 aromatic carbocycles. The van der Waals surface area contributed by atoms with Crippen LogP contribution in [0.1, 0.15) is 22.7 Å². The fraction of sp³-hybridized carbons (Fsp3) is 0.0312. The van der Waals surface area contributed by atoms with E-state index in [4.69, 9.17) is 43.0 Å². The van der Waals surface area contributed by atoms with Crippen LogP contribution in [0.3, 0.4) is 0 Å². The second-order valence-electron chi connectivity index (χ2n) is 9.35. The zero-order valence-corrected chi connectivity index (χ0v) is 23.7. The molecule has 214 valence electrons. The van der Waals surface area contributed by atoms with E-state index in [0.717, 1.165) is 39.2 Å². The summed E-state index contributed by atoms with van der Waals surface area (Å²) in [5.41, 5.74) is 5.64. The van der Waals surface area contributed by atoms with Gasteiger partial charge in [-0.25, -0.2) is 19.4 Å². The number of imidazole rings is 1. The van der Waals surface area contributed by atoms with Crippen LogP contribution in [-0.2, 0) is 9.59 Å². The first kappa shape index (κ1) is 29.2. The lowest BCUT2D eigenvalue weighted by atomic mass is 9.87. The van der Waals surface area contributed by atoms with Gasteiger partial charge in [-0.1, -0.05) is 83.9 Å². The van der Waals surface area contributed by atoms with Crippen LogP contribution in [0, 0.1) is 0 Å². The van der Waals surface area contributed by atoms with Gasteiger partial charge < -0.3 is 20.2 Å². The van der Waals surface area contributed by atoms with Crippen molar-refractivity contribution in [1.82, 2.24) is 19.9 Å². The van der Waals surface area contributed by atoms with Gasteiger partial charge in [0.25, 0.3) is 0 Å². The van der Waals surface area contributed by atoms with Crippen molar-refractivity contribution in [2.45, 2.75) is 5.92 Å². The Hall–Kier alpha value is -5.25. The number of fused-ring (bicyclic) bond motifs is 1. The predicted octanol–water partition coefficient (Wildman–Crippen LogP) is 6.62. The van der Waals surface area contributed by atoms with E-state index >= 15 is 0 Å². The van der Waals surface area contributed by atoms with Crippen molar-refractivity contribution < 1.29 is 19.8 Å². The van der Waals surface area contributed by atoms with Gasteiger partial charge in [0.05, 0.1) is 17.1 Å². The molecular weight excluding hydrogens is 591 g/mol. The molecule has 0 aliphatic rings. The smallest absolute Gasteiger partial charge is 0.414 e. The van der Waals surface area contributed by atoms with Crippen molar-refractivity contribution in [2.24, 2.45) is 0 Å². The third-order valence-corrected chi connectivity index (χ3v) is 7.01. The number of hydrogen-bond donors (Lipinski definition) is 4. The number of H-pyrrole nitrogens is 2. The van der Waals surface area contributed by atoms with E-state index in [1.807, 2.05) is 91.1 Å². The van der Waals surface area contributed by atoms with Gasteiger partial charge in [0.1, 0.15) is 5.82 Å². The number of aliphatic carboxylic acids is 2. The number of hydrogen-bond acceptors (Lipinski definition) is 5. The Kier molecular flexibility index (Phi) is 8.66. The number of benzene rings is 4. The van der Waals surface area contributed by atoms with E-state index in [-0.39, 0.29) is 5.92 Å². The average Bonchev–Trinajstić information content (AvgIpc) is 3.48. The van der Waals surface area contributed by atoms with E-state index in [2.05, 4.69) is 26.0 Å². The minimum absolute atomic E-state index is 0.161. The topological polar surface area (TPSA) is 149 Å². The molecule has 2 aromatic heterocycles. The molecule has 6 rings (SSSR count). The van der Waals surface area contributed by atoms with E-state index in [9.17, 15) is 4.79 Å². The van der Waals surface area contributed by atoms with Crippen molar-refractivity contribution in [3.63, 3.8) is 0 Å². The first-order chi connectivity index (χ1) is 20.7. The molecule has 9 nitrogen and oxygen atoms in total. The van der Waals surface area contributed by atoms with Crippen LogP contribution in [0.2, 0.25) is 10.0 Å². The molecule has 0 spiro atoms. The van der Waals surface area contributed by atoms with Crippen LogP contribution < -0.4 is 5.69 Å². The summed E-state index contributed by atoms with van der Waals surface area (Å²) in [6.45, 7) is 0. The van der Waals surface area contributed by atoms with Gasteiger partial charge in [0.2, 0.25) is 0 Å². The summed E-state index contributed by atoms with van der Waals surface area (Å²) in [4.78, 5) is 45.9. The summed E-state index contributed by atoms with van der Waals surface area (Å²) in [5.74, 6) is -3.02. The van der Waals surface area contributed by atoms with E-state index in [0.29, 0.717) is 21.3 Å². The highest BCUT2D eigenvalue weighted by atomic mass is 35.5. The number of carboxylic acids is 2. The molecule has 0 aliphatic heterocycles. The lowest BCUT2D eigenvalue weighted by molar-refractivity contribution is -0.159. The number of aromatic amines is 2. The Morgan fingerprint density at radius 1 is 0.721 bits per heavy atom. The van der Waals surface area contributed by atoms with Crippen molar-refractivity contribution in [2.75, 3.05) is 0 Å². The molecular formula is C32H22Cl2N4O5. The first-order valence-corrected chi connectivity index (χ1v) is 13.6. The average molecular weight is 613 g/mol. The molecule has 2 heterocycles. The molecule has 6 aromatic rings. The lowest BCUT2D eigenvalue weighted by Crippen LogP contribution is -2.12. The molecule has 11 heteroatoms. The van der Waals surface area contributed by atoms with Gasteiger partial charge in [-0.15, -0.1) is 0 Å². The maximum atomic E-state index is 12.4. The molecule has 43 heavy (non-hydrogen) atoms. The highest BCUT2D eigenvalue weighted by Gasteiger charge is 2.21. The van der Waals surface area contributed by atoms with E-state index < -0.39 is 17.6 Å². The van der Waals surface area contributed by atoms with Crippen LogP contribution in [-0.4, -0.2) is 42.1 Å². The molecule has 0 saturated carbocycles. The SMILES string of the molecule is O=C(O)C(=O)O.O=c1nc(-c2cccc(Cl)c2)c2cc(C(c3ccc(Cl)cc3)c3cnc(-c4ccccc4)[nH]3)ccc2[nH]1. The van der Waals surface area contributed by atoms with E-state index in [1.165, 1.54) is 0 Å². The van der Waals surface area contributed by atoms with Gasteiger partial charge in [-0.3, -0.25) is 0 Å². The Balaban J connectivity index is 0.000000559. The molecule has 1 unspecified atom stereocenters. The van der Waals surface area contributed by atoms with Gasteiger partial charge >= 0.3 is 17.6 Å². The number of rotatable bonds is 5. The molecule has 0 fully saturated rings. The van der Waals surface area contributed by atoms with Crippen LogP contribution in [0.4, 0.5) is 0 Å². The van der Waals surface area contributed by atoms with Crippen molar-refractivity contribution >= 4 is 46.0 Å². The number of aromatic nitrogens is 4. The molecule has 0 saturated heterocycles. The molecule has 0 radical (unpaired) electrons. The Morgan fingerprint density at radius 2 is 1.40 bits per heavy atom. The van der Waals surface area contributed by atoms with Crippen molar-refractivity contribution in [3.8, 4) is 22.6 Å². The summed E-state index contributed by atoms with van der Waals surface area (Å²) in [7, 11) is 0. The van der Waals surface area contributed by atoms with Crippen molar-refractivity contribution in [1.29, 1.82) is 0 Å². The van der Waals surface area contributed by atoms with Crippen molar-refractivity contribution in [3.05, 3.63) is 141 Å². The maximum Gasteiger partial charge on any atom is 0.414 e. The predicted molar refractivity (Wildman–Crippen MR) is 165 cm³/mol. The quantitative estimate of drug-likeness (QED) is 0.160. The maximum absolute atomic E-state index is 12.4. The number of carboxylic acid groups (broad SMARTS) is 2. The lowest BCUT2D eigenvalue weighted by Gasteiger charge is -2.18. The minimum atomic E-state index is -1.82. The largest absolute Gasteiger partial charge is 0.473 e. The second kappa shape index (κ2) is 12.7. The van der Waals surface area contributed by atoms with E-state index in [1.54, 1.807) is 6.07 Å². The van der Waals surface area contributed by atoms with Gasteiger partial charge in [0.15, 0.2) is 0 Å². The zero-order chi connectivity index (χ0) is 30.5. The molecule has 0 amide bonds. The van der Waals surface area contributed by atoms with Crippen LogP contribution in [0.25, 0.3) is 33.5 Å². The van der Waals surface area contributed by atoms with Gasteiger partial charge in [0, 0.05) is 38.4 Å². The number of carbonyl (C=O) groups is 2. The standard InChI is InChI=1S/C30H20Cl2N4O.C2H2O4/c31-22-12-9-18(10-13-22)27(26-17-33-29(34-26)19-5-2-1-3-6-19)20-11-14-25-24(16-20)28(36-30(37)35-25)21-7-4-8-23(32)15-21;3-1(4)2(5)6/h1-17,27H,(H,33,34)(H,35,36,37);(H,3,4)(H,5,6). The third kappa shape index (κ3) is 6.81. The summed E-state index contributed by atoms with van der Waals surface area (Å²) in [6, 6.07) is 31.2. The van der Waals surface area contributed by atoms with Crippen LogP contribution in [0.5, 0.6) is 0 Å². The summed E-state index contributed by atoms with van der Waals surface area (Å²) in [6.07, 6.45) is 1.87. The zero-order valence-electron chi connectivity index (χ0n) is 22.2. The molecule has 4 N–H and O–H groups in total. The summed E-state index contributed by atoms with van der Waals surface area (Å²) < 4.78 is 0. The van der Waals surface area contributed by atoms with Gasteiger partial charge in [-0.05, 0) is 47.5 Å². The van der Waals surface area contributed by atoms with Gasteiger partial charge in [-0.2, -0.15) is 4.98 Å². The monoisotopic (exact) mass is 612 g/mol. The number of nitrogens with zero attached hydrogens (tertiary/aromatic N) is 2. The second-order valence-corrected chi connectivity index (χ2v) is 10.2. The highest BCUT2D eigenvalue weighted by Crippen LogP contribution is 2.36. The Labute approximate surface area is 254 Å². The summed E-state index contributed by atoms with van der Waals surface area (Å²) in [5, 5.41) is 16.8. The highest BCUT2D eigenvalue weighted by molar-refractivity contribution is 6.31. The molecule has 0 aliphatic carbocycles. The minimum Gasteiger partial charge on any atom is -0.473 e.